The van der Waals surface area contributed by atoms with Crippen molar-refractivity contribution in [3.63, 3.8) is 0 Å². The van der Waals surface area contributed by atoms with E-state index < -0.39 is 0 Å². The summed E-state index contributed by atoms with van der Waals surface area (Å²) in [6.45, 7) is 3.17. The molecule has 0 radical (unpaired) electrons. The van der Waals surface area contributed by atoms with Crippen LogP contribution in [0, 0.1) is 16.0 Å². The zero-order valence-electron chi connectivity index (χ0n) is 19.1. The predicted molar refractivity (Wildman–Crippen MR) is 126 cm³/mol. The zero-order valence-corrected chi connectivity index (χ0v) is 19.1. The summed E-state index contributed by atoms with van der Waals surface area (Å²) in [5.41, 5.74) is 0.833. The van der Waals surface area contributed by atoms with Gasteiger partial charge in [0.15, 0.2) is 0 Å². The maximum absolute atomic E-state index is 12.4. The van der Waals surface area contributed by atoms with Gasteiger partial charge in [-0.15, -0.1) is 0 Å². The topological polar surface area (TPSA) is 102 Å². The number of piperidine rings is 1. The predicted octanol–water partition coefficient (Wildman–Crippen LogP) is 4.64. The largest absolute Gasteiger partial charge is 0.466 e. The van der Waals surface area contributed by atoms with Gasteiger partial charge in [-0.2, -0.15) is 0 Å². The van der Waals surface area contributed by atoms with E-state index in [0.29, 0.717) is 44.2 Å². The molecule has 9 heteroatoms. The number of anilines is 3. The minimum absolute atomic E-state index is 0.0680. The average Bonchev–Trinajstić information content (AvgIpc) is 2.85. The van der Waals surface area contributed by atoms with E-state index in [1.165, 1.54) is 12.7 Å². The van der Waals surface area contributed by atoms with Crippen LogP contribution < -0.4 is 9.80 Å². The van der Waals surface area contributed by atoms with Crippen molar-refractivity contribution in [1.29, 1.82) is 0 Å². The highest BCUT2D eigenvalue weighted by Gasteiger charge is 2.36. The van der Waals surface area contributed by atoms with Crippen molar-refractivity contribution < 1.29 is 14.5 Å². The van der Waals surface area contributed by atoms with Crippen LogP contribution >= 0.6 is 0 Å². The quantitative estimate of drug-likeness (QED) is 0.340. The van der Waals surface area contributed by atoms with Crippen molar-refractivity contribution in [2.75, 3.05) is 29.5 Å². The Morgan fingerprint density at radius 2 is 1.82 bits per heavy atom. The molecule has 0 unspecified atom stereocenters. The molecule has 2 aliphatic rings. The van der Waals surface area contributed by atoms with Gasteiger partial charge in [-0.1, -0.05) is 37.5 Å². The molecule has 176 valence electrons. The third kappa shape index (κ3) is 5.07. The summed E-state index contributed by atoms with van der Waals surface area (Å²) < 4.78 is 5.15. The molecule has 1 saturated heterocycles. The van der Waals surface area contributed by atoms with Crippen LogP contribution in [0.3, 0.4) is 0 Å². The van der Waals surface area contributed by atoms with E-state index >= 15 is 0 Å². The van der Waals surface area contributed by atoms with Gasteiger partial charge in [-0.3, -0.25) is 14.9 Å². The van der Waals surface area contributed by atoms with Gasteiger partial charge in [-0.25, -0.2) is 9.97 Å². The van der Waals surface area contributed by atoms with Crippen LogP contribution in [0.1, 0.15) is 51.9 Å². The molecule has 33 heavy (non-hydrogen) atoms. The Labute approximate surface area is 193 Å². The van der Waals surface area contributed by atoms with Crippen molar-refractivity contribution in [3.8, 4) is 0 Å². The molecule has 0 N–H and O–H groups in total. The molecule has 2 heterocycles. The molecule has 1 aliphatic heterocycles. The van der Waals surface area contributed by atoms with Crippen LogP contribution in [0.15, 0.2) is 36.7 Å². The lowest BCUT2D eigenvalue weighted by Crippen LogP contribution is -2.38. The normalized spacial score (nSPS) is 17.5. The van der Waals surface area contributed by atoms with E-state index in [-0.39, 0.29) is 28.5 Å². The van der Waals surface area contributed by atoms with Gasteiger partial charge in [0.1, 0.15) is 6.33 Å². The monoisotopic (exact) mass is 453 g/mol. The van der Waals surface area contributed by atoms with E-state index in [1.807, 2.05) is 40.1 Å². The minimum Gasteiger partial charge on any atom is -0.466 e. The summed E-state index contributed by atoms with van der Waals surface area (Å²) in [5.74, 6) is 0.298. The fourth-order valence-electron chi connectivity index (χ4n) is 4.95. The molecule has 9 nitrogen and oxygen atoms in total. The summed E-state index contributed by atoms with van der Waals surface area (Å²) in [5, 5.41) is 12.4. The number of nitro groups is 1. The van der Waals surface area contributed by atoms with Crippen LogP contribution in [-0.2, 0) is 9.53 Å². The van der Waals surface area contributed by atoms with Crippen molar-refractivity contribution in [3.05, 3.63) is 46.8 Å². The maximum Gasteiger partial charge on any atom is 0.354 e. The first-order valence-corrected chi connectivity index (χ1v) is 11.9. The molecule has 0 atom stereocenters. The van der Waals surface area contributed by atoms with E-state index in [1.54, 1.807) is 6.92 Å². The van der Waals surface area contributed by atoms with E-state index in [2.05, 4.69) is 9.97 Å². The van der Waals surface area contributed by atoms with E-state index in [9.17, 15) is 14.9 Å². The highest BCUT2D eigenvalue weighted by Crippen LogP contribution is 2.42. The molecule has 4 rings (SSSR count). The number of aromatic nitrogens is 2. The number of rotatable bonds is 7. The van der Waals surface area contributed by atoms with Gasteiger partial charge in [0, 0.05) is 24.8 Å². The lowest BCUT2D eigenvalue weighted by atomic mass is 9.93. The summed E-state index contributed by atoms with van der Waals surface area (Å²) in [6.07, 6.45) is 7.91. The Morgan fingerprint density at radius 1 is 1.12 bits per heavy atom. The number of carbonyl (C=O) groups excluding carboxylic acids is 1. The summed E-state index contributed by atoms with van der Waals surface area (Å²) in [7, 11) is 0. The second-order valence-electron chi connectivity index (χ2n) is 8.64. The van der Waals surface area contributed by atoms with Gasteiger partial charge in [-0.05, 0) is 44.7 Å². The Morgan fingerprint density at radius 3 is 2.45 bits per heavy atom. The first-order chi connectivity index (χ1) is 16.1. The number of para-hydroxylation sites is 1. The summed E-state index contributed by atoms with van der Waals surface area (Å²) >= 11 is 0. The van der Waals surface area contributed by atoms with Crippen LogP contribution in [0.5, 0.6) is 0 Å². The second-order valence-corrected chi connectivity index (χ2v) is 8.64. The molecular weight excluding hydrogens is 422 g/mol. The summed E-state index contributed by atoms with van der Waals surface area (Å²) in [6, 6.07) is 9.93. The van der Waals surface area contributed by atoms with Gasteiger partial charge >= 0.3 is 11.7 Å². The second kappa shape index (κ2) is 10.6. The fourth-order valence-corrected chi connectivity index (χ4v) is 4.95. The number of hydrogen-bond acceptors (Lipinski definition) is 8. The number of carbonyl (C=O) groups is 1. The van der Waals surface area contributed by atoms with Gasteiger partial charge in [0.25, 0.3) is 0 Å². The number of esters is 1. The SMILES string of the molecule is CCOC(=O)C1CCN(c2ncnc(N(c3ccccc3)C3CCCCC3)c2[N+](=O)[O-])CC1. The smallest absolute Gasteiger partial charge is 0.354 e. The molecule has 2 fully saturated rings. The Hall–Kier alpha value is -3.23. The highest BCUT2D eigenvalue weighted by atomic mass is 16.6. The Kier molecular flexibility index (Phi) is 7.36. The molecule has 0 spiro atoms. The molecule has 2 aromatic rings. The van der Waals surface area contributed by atoms with Crippen molar-refractivity contribution in [2.45, 2.75) is 57.9 Å². The minimum atomic E-state index is -0.360. The maximum atomic E-state index is 12.4. The van der Waals surface area contributed by atoms with Crippen LogP contribution in [-0.4, -0.2) is 46.6 Å². The molecule has 1 aliphatic carbocycles. The van der Waals surface area contributed by atoms with Crippen LogP contribution in [0.2, 0.25) is 0 Å². The number of ether oxygens (including phenoxy) is 1. The Bertz CT molecular complexity index is 957. The first-order valence-electron chi connectivity index (χ1n) is 11.9. The molecular formula is C24H31N5O4. The third-order valence-electron chi connectivity index (χ3n) is 6.58. The molecule has 0 bridgehead atoms. The van der Waals surface area contributed by atoms with Gasteiger partial charge < -0.3 is 14.5 Å². The van der Waals surface area contributed by atoms with Crippen molar-refractivity contribution >= 4 is 29.0 Å². The van der Waals surface area contributed by atoms with E-state index in [0.717, 1.165) is 31.4 Å². The molecule has 1 aromatic carbocycles. The van der Waals surface area contributed by atoms with Crippen molar-refractivity contribution in [1.82, 2.24) is 9.97 Å². The standard InChI is InChI=1S/C24H31N5O4/c1-2-33-24(30)18-13-15-27(16-14-18)22-21(29(31)32)23(26-17-25-22)28(19-9-5-3-6-10-19)20-11-7-4-8-12-20/h3,5-6,9-10,17-18,20H,2,4,7-8,11-16H2,1H3. The van der Waals surface area contributed by atoms with Crippen LogP contribution in [0.25, 0.3) is 0 Å². The number of benzene rings is 1. The van der Waals surface area contributed by atoms with Crippen LogP contribution in [0.4, 0.5) is 23.0 Å². The molecule has 1 saturated carbocycles. The summed E-state index contributed by atoms with van der Waals surface area (Å²) in [4.78, 5) is 36.8. The Balaban J connectivity index is 1.68. The first kappa shape index (κ1) is 22.9. The third-order valence-corrected chi connectivity index (χ3v) is 6.58. The average molecular weight is 454 g/mol. The lowest BCUT2D eigenvalue weighted by Gasteiger charge is -2.36. The number of nitrogens with zero attached hydrogens (tertiary/aromatic N) is 5. The number of hydrogen-bond donors (Lipinski definition) is 0. The lowest BCUT2D eigenvalue weighted by molar-refractivity contribution is -0.383. The van der Waals surface area contributed by atoms with Gasteiger partial charge in [0.05, 0.1) is 17.4 Å². The fraction of sp³-hybridized carbons (Fsp3) is 0.542. The zero-order chi connectivity index (χ0) is 23.2. The molecule has 1 aromatic heterocycles. The molecule has 0 amide bonds. The highest BCUT2D eigenvalue weighted by molar-refractivity contribution is 5.77. The van der Waals surface area contributed by atoms with Gasteiger partial charge in [0.2, 0.25) is 11.6 Å². The van der Waals surface area contributed by atoms with Crippen molar-refractivity contribution in [2.24, 2.45) is 5.92 Å². The van der Waals surface area contributed by atoms with E-state index in [4.69, 9.17) is 4.74 Å².